The zero-order valence-corrected chi connectivity index (χ0v) is 14.8. The molecule has 1 aromatic carbocycles. The molecule has 3 aliphatic carbocycles. The summed E-state index contributed by atoms with van der Waals surface area (Å²) in [4.78, 5) is 36.8. The Bertz CT molecular complexity index is 992. The lowest BCUT2D eigenvalue weighted by Crippen LogP contribution is -2.44. The number of phenolic OH excluding ortho intramolecular Hbond substituents is 1. The van der Waals surface area contributed by atoms with Crippen LogP contribution < -0.4 is 5.73 Å². The Balaban J connectivity index is 1.89. The number of fused-ring (bicyclic) bond motifs is 3. The lowest BCUT2D eigenvalue weighted by atomic mass is 9.61. The van der Waals surface area contributed by atoms with Gasteiger partial charge in [-0.05, 0) is 42.4 Å². The first kappa shape index (κ1) is 17.6. The van der Waals surface area contributed by atoms with Crippen molar-refractivity contribution in [3.63, 3.8) is 0 Å². The first-order valence-corrected chi connectivity index (χ1v) is 8.84. The van der Waals surface area contributed by atoms with E-state index in [4.69, 9.17) is 17.3 Å². The molecule has 3 unspecified atom stereocenters. The van der Waals surface area contributed by atoms with Crippen molar-refractivity contribution >= 4 is 34.8 Å². The van der Waals surface area contributed by atoms with Gasteiger partial charge in [0.25, 0.3) is 5.91 Å². The van der Waals surface area contributed by atoms with E-state index >= 15 is 0 Å². The molecular weight excluding hydrogens is 374 g/mol. The van der Waals surface area contributed by atoms with Crippen LogP contribution in [0.25, 0.3) is 5.76 Å². The molecule has 7 nitrogen and oxygen atoms in total. The molecule has 1 saturated carbocycles. The summed E-state index contributed by atoms with van der Waals surface area (Å²) in [5.74, 6) is -5.45. The number of amides is 1. The normalized spacial score (nSPS) is 27.2. The molecule has 1 amide bonds. The molecule has 0 saturated heterocycles. The Hall–Kier alpha value is -2.80. The molecule has 140 valence electrons. The lowest BCUT2D eigenvalue weighted by molar-refractivity contribution is -0.127. The zero-order chi connectivity index (χ0) is 19.6. The van der Waals surface area contributed by atoms with E-state index in [2.05, 4.69) is 0 Å². The Morgan fingerprint density at radius 3 is 2.52 bits per heavy atom. The van der Waals surface area contributed by atoms with E-state index in [1.54, 1.807) is 0 Å². The van der Waals surface area contributed by atoms with Gasteiger partial charge < -0.3 is 21.1 Å². The van der Waals surface area contributed by atoms with Crippen molar-refractivity contribution in [2.45, 2.75) is 19.3 Å². The number of aliphatic hydroxyl groups excluding tert-OH is 2. The molecule has 8 heteroatoms. The third-order valence-electron chi connectivity index (χ3n) is 5.71. The molecule has 0 radical (unpaired) electrons. The van der Waals surface area contributed by atoms with Gasteiger partial charge in [-0.3, -0.25) is 14.4 Å². The summed E-state index contributed by atoms with van der Waals surface area (Å²) >= 11 is 6.20. The average Bonchev–Trinajstić information content (AvgIpc) is 2.57. The predicted octanol–water partition coefficient (Wildman–Crippen LogP) is 1.96. The van der Waals surface area contributed by atoms with Crippen molar-refractivity contribution in [3.8, 4) is 5.75 Å². The van der Waals surface area contributed by atoms with Crippen LogP contribution in [0.1, 0.15) is 24.0 Å². The highest BCUT2D eigenvalue weighted by Crippen LogP contribution is 2.50. The minimum atomic E-state index is -1.11. The van der Waals surface area contributed by atoms with Crippen molar-refractivity contribution in [2.24, 2.45) is 23.5 Å². The standard InChI is InChI=1S/C19H16ClNO6/c20-9-1-2-10(22)14-8(9)4-6-3-7-5-11(23)15(19(21)27)18(26)13(7)16(24)12(6)17(14)25/h1-2,6-7,13,22,25-26H,3-5H2,(H2,21,27). The molecule has 1 aromatic rings. The van der Waals surface area contributed by atoms with Gasteiger partial charge in [0.1, 0.15) is 22.8 Å². The number of allylic oxidation sites excluding steroid dienone is 2. The third-order valence-corrected chi connectivity index (χ3v) is 6.07. The molecule has 3 aliphatic rings. The summed E-state index contributed by atoms with van der Waals surface area (Å²) in [5, 5.41) is 31.6. The summed E-state index contributed by atoms with van der Waals surface area (Å²) in [6.45, 7) is 0. The first-order chi connectivity index (χ1) is 12.7. The summed E-state index contributed by atoms with van der Waals surface area (Å²) < 4.78 is 0. The first-order valence-electron chi connectivity index (χ1n) is 8.46. The fourth-order valence-electron chi connectivity index (χ4n) is 4.60. The Morgan fingerprint density at radius 1 is 1.15 bits per heavy atom. The van der Waals surface area contributed by atoms with E-state index < -0.39 is 46.6 Å². The van der Waals surface area contributed by atoms with Gasteiger partial charge in [-0.1, -0.05) is 11.6 Å². The second kappa shape index (κ2) is 5.85. The smallest absolute Gasteiger partial charge is 0.255 e. The van der Waals surface area contributed by atoms with E-state index in [1.807, 2.05) is 0 Å². The number of rotatable bonds is 1. The van der Waals surface area contributed by atoms with E-state index in [0.717, 1.165) is 0 Å². The molecule has 3 atom stereocenters. The van der Waals surface area contributed by atoms with Crippen LogP contribution in [0.5, 0.6) is 5.75 Å². The van der Waals surface area contributed by atoms with Crippen LogP contribution in [-0.4, -0.2) is 32.8 Å². The third kappa shape index (κ3) is 2.38. The van der Waals surface area contributed by atoms with Crippen LogP contribution in [0.4, 0.5) is 0 Å². The molecule has 0 aromatic heterocycles. The van der Waals surface area contributed by atoms with E-state index in [0.29, 0.717) is 23.4 Å². The number of carbonyl (C=O) groups is 3. The number of phenols is 1. The maximum absolute atomic E-state index is 13.1. The van der Waals surface area contributed by atoms with Crippen LogP contribution in [0, 0.1) is 17.8 Å². The molecule has 5 N–H and O–H groups in total. The largest absolute Gasteiger partial charge is 0.511 e. The summed E-state index contributed by atoms with van der Waals surface area (Å²) in [7, 11) is 0. The van der Waals surface area contributed by atoms with E-state index in [9.17, 15) is 29.7 Å². The lowest BCUT2D eigenvalue weighted by Gasteiger charge is -2.41. The molecule has 4 rings (SSSR count). The quantitative estimate of drug-likeness (QED) is 0.541. The highest BCUT2D eigenvalue weighted by Gasteiger charge is 2.50. The summed E-state index contributed by atoms with van der Waals surface area (Å²) in [5.41, 5.74) is 5.34. The highest BCUT2D eigenvalue weighted by atomic mass is 35.5. The number of carbonyl (C=O) groups excluding carboxylic acids is 3. The number of primary amides is 1. The molecule has 27 heavy (non-hydrogen) atoms. The fourth-order valence-corrected chi connectivity index (χ4v) is 4.84. The molecule has 1 fully saturated rings. The van der Waals surface area contributed by atoms with Gasteiger partial charge in [0.15, 0.2) is 11.6 Å². The Morgan fingerprint density at radius 2 is 1.85 bits per heavy atom. The number of benzene rings is 1. The van der Waals surface area contributed by atoms with Crippen LogP contribution >= 0.6 is 11.6 Å². The maximum Gasteiger partial charge on any atom is 0.255 e. The number of aliphatic hydroxyl groups is 2. The molecule has 0 bridgehead atoms. The number of hydrogen-bond acceptors (Lipinski definition) is 6. The number of aromatic hydroxyl groups is 1. The molecule has 0 heterocycles. The number of ketones is 2. The minimum absolute atomic E-state index is 0.0750. The van der Waals surface area contributed by atoms with Gasteiger partial charge in [0, 0.05) is 17.0 Å². The maximum atomic E-state index is 13.1. The van der Waals surface area contributed by atoms with Crippen LogP contribution in [0.3, 0.4) is 0 Å². The van der Waals surface area contributed by atoms with Crippen molar-refractivity contribution in [3.05, 3.63) is 45.2 Å². The fraction of sp³-hybridized carbons (Fsp3) is 0.316. The number of Topliss-reactive ketones (excluding diaryl/α,β-unsaturated/α-hetero) is 2. The van der Waals surface area contributed by atoms with E-state index in [-0.39, 0.29) is 29.1 Å². The SMILES string of the molecule is NC(=O)C1=C(O)C2C(=O)C3=C(O)c4c(O)ccc(Cl)c4CC3CC2CC1=O. The van der Waals surface area contributed by atoms with Crippen molar-refractivity contribution in [2.75, 3.05) is 0 Å². The topological polar surface area (TPSA) is 138 Å². The second-order valence-electron chi connectivity index (χ2n) is 7.17. The van der Waals surface area contributed by atoms with Crippen molar-refractivity contribution < 1.29 is 29.7 Å². The van der Waals surface area contributed by atoms with Crippen LogP contribution in [0.15, 0.2) is 29.0 Å². The highest BCUT2D eigenvalue weighted by molar-refractivity contribution is 6.32. The van der Waals surface area contributed by atoms with Gasteiger partial charge in [-0.15, -0.1) is 0 Å². The van der Waals surface area contributed by atoms with Crippen LogP contribution in [-0.2, 0) is 20.8 Å². The van der Waals surface area contributed by atoms with Gasteiger partial charge >= 0.3 is 0 Å². The average molecular weight is 390 g/mol. The predicted molar refractivity (Wildman–Crippen MR) is 94.9 cm³/mol. The van der Waals surface area contributed by atoms with Gasteiger partial charge in [-0.25, -0.2) is 0 Å². The monoisotopic (exact) mass is 389 g/mol. The second-order valence-corrected chi connectivity index (χ2v) is 7.58. The number of halogens is 1. The number of hydrogen-bond donors (Lipinski definition) is 4. The van der Waals surface area contributed by atoms with Crippen molar-refractivity contribution in [1.82, 2.24) is 0 Å². The Labute approximate surface area is 158 Å². The van der Waals surface area contributed by atoms with E-state index in [1.165, 1.54) is 12.1 Å². The van der Waals surface area contributed by atoms with Crippen LogP contribution in [0.2, 0.25) is 5.02 Å². The van der Waals surface area contributed by atoms with Crippen molar-refractivity contribution in [1.29, 1.82) is 0 Å². The minimum Gasteiger partial charge on any atom is -0.511 e. The molecular formula is C19H16ClNO6. The van der Waals surface area contributed by atoms with Gasteiger partial charge in [0.05, 0.1) is 11.5 Å². The van der Waals surface area contributed by atoms with Gasteiger partial charge in [-0.2, -0.15) is 0 Å². The molecule has 0 spiro atoms. The summed E-state index contributed by atoms with van der Waals surface area (Å²) in [6, 6.07) is 2.84. The molecule has 0 aliphatic heterocycles. The summed E-state index contributed by atoms with van der Waals surface area (Å²) in [6.07, 6.45) is 0.589. The number of nitrogens with two attached hydrogens (primary N) is 1. The zero-order valence-electron chi connectivity index (χ0n) is 14.0. The Kier molecular flexibility index (Phi) is 3.82. The van der Waals surface area contributed by atoms with Gasteiger partial charge in [0.2, 0.25) is 0 Å².